The number of carbonyl (C=O) groups is 1. The van der Waals surface area contributed by atoms with Crippen LogP contribution in [0.5, 0.6) is 11.5 Å². The molecule has 4 rings (SSSR count). The number of esters is 1. The zero-order valence-corrected chi connectivity index (χ0v) is 13.6. The quantitative estimate of drug-likeness (QED) is 0.597. The highest BCUT2D eigenvalue weighted by molar-refractivity contribution is 6.35. The Morgan fingerprint density at radius 2 is 1.88 bits per heavy atom. The van der Waals surface area contributed by atoms with Crippen LogP contribution in [0.25, 0.3) is 6.08 Å². The molecule has 0 aromatic heterocycles. The molecule has 0 bridgehead atoms. The molecule has 5 nitrogen and oxygen atoms in total. The number of aliphatic imine (C=N–C) groups is 1. The minimum absolute atomic E-state index is 0.159. The van der Waals surface area contributed by atoms with Crippen molar-refractivity contribution in [2.75, 3.05) is 6.79 Å². The Bertz CT molecular complexity index is 921. The molecule has 2 aliphatic rings. The van der Waals surface area contributed by atoms with E-state index in [0.717, 1.165) is 0 Å². The number of hydrogen-bond donors (Lipinski definition) is 0. The van der Waals surface area contributed by atoms with Crippen LogP contribution in [0.1, 0.15) is 11.1 Å². The van der Waals surface area contributed by atoms with Crippen molar-refractivity contribution in [2.45, 2.75) is 0 Å². The van der Waals surface area contributed by atoms with Crippen molar-refractivity contribution in [2.24, 2.45) is 4.99 Å². The lowest BCUT2D eigenvalue weighted by molar-refractivity contribution is -0.129. The van der Waals surface area contributed by atoms with E-state index in [1.165, 1.54) is 0 Å². The van der Waals surface area contributed by atoms with Gasteiger partial charge in [0, 0.05) is 15.6 Å². The highest BCUT2D eigenvalue weighted by Gasteiger charge is 2.26. The largest absolute Gasteiger partial charge is 0.454 e. The second-order valence-corrected chi connectivity index (χ2v) is 5.91. The molecule has 0 spiro atoms. The molecule has 2 heterocycles. The summed E-state index contributed by atoms with van der Waals surface area (Å²) in [6, 6.07) is 10.2. The fourth-order valence-electron chi connectivity index (χ4n) is 2.33. The van der Waals surface area contributed by atoms with Gasteiger partial charge in [-0.05, 0) is 42.0 Å². The predicted octanol–water partition coefficient (Wildman–Crippen LogP) is 4.07. The van der Waals surface area contributed by atoms with Gasteiger partial charge in [0.2, 0.25) is 12.7 Å². The van der Waals surface area contributed by atoms with Crippen LogP contribution in [-0.4, -0.2) is 18.7 Å². The molecule has 0 atom stereocenters. The molecular weight excluding hydrogens is 353 g/mol. The third-order valence-electron chi connectivity index (χ3n) is 3.49. The first-order valence-electron chi connectivity index (χ1n) is 6.98. The molecule has 0 radical (unpaired) electrons. The molecule has 0 unspecified atom stereocenters. The zero-order valence-electron chi connectivity index (χ0n) is 12.1. The summed E-state index contributed by atoms with van der Waals surface area (Å²) in [7, 11) is 0. The lowest BCUT2D eigenvalue weighted by Gasteiger charge is -2.01. The maximum Gasteiger partial charge on any atom is 0.363 e. The number of benzene rings is 2. The van der Waals surface area contributed by atoms with E-state index < -0.39 is 5.97 Å². The first-order chi connectivity index (χ1) is 11.6. The van der Waals surface area contributed by atoms with Gasteiger partial charge in [0.1, 0.15) is 0 Å². The van der Waals surface area contributed by atoms with Gasteiger partial charge in [0.05, 0.1) is 0 Å². The number of ether oxygens (including phenoxy) is 3. The molecule has 0 saturated carbocycles. The minimum Gasteiger partial charge on any atom is -0.454 e. The molecule has 2 aliphatic heterocycles. The Kier molecular flexibility index (Phi) is 3.67. The third-order valence-corrected chi connectivity index (χ3v) is 4.06. The van der Waals surface area contributed by atoms with Crippen molar-refractivity contribution in [1.82, 2.24) is 0 Å². The standard InChI is InChI=1S/C17H9Cl2NO4/c18-11-3-1-9(12(19)7-11)5-13-17(21)24-16(20-13)10-2-4-14-15(6-10)23-8-22-14/h1-7H,8H2/b13-5-. The Morgan fingerprint density at radius 3 is 2.71 bits per heavy atom. The Balaban J connectivity index is 1.68. The average Bonchev–Trinajstić information content (AvgIpc) is 3.16. The molecular formula is C17H9Cl2NO4. The Labute approximate surface area is 147 Å². The Hall–Kier alpha value is -2.50. The van der Waals surface area contributed by atoms with E-state index in [4.69, 9.17) is 37.4 Å². The molecule has 0 aliphatic carbocycles. The van der Waals surface area contributed by atoms with E-state index in [1.54, 1.807) is 42.5 Å². The van der Waals surface area contributed by atoms with E-state index in [-0.39, 0.29) is 18.4 Å². The highest BCUT2D eigenvalue weighted by atomic mass is 35.5. The lowest BCUT2D eigenvalue weighted by atomic mass is 10.2. The van der Waals surface area contributed by atoms with E-state index in [1.807, 2.05) is 0 Å². The summed E-state index contributed by atoms with van der Waals surface area (Å²) >= 11 is 12.0. The summed E-state index contributed by atoms with van der Waals surface area (Å²) in [5, 5.41) is 0.940. The van der Waals surface area contributed by atoms with Crippen LogP contribution in [0.2, 0.25) is 10.0 Å². The second-order valence-electron chi connectivity index (χ2n) is 5.07. The summed E-state index contributed by atoms with van der Waals surface area (Å²) in [6.07, 6.45) is 1.56. The normalized spacial score (nSPS) is 17.2. The van der Waals surface area contributed by atoms with Gasteiger partial charge in [-0.1, -0.05) is 29.3 Å². The fraction of sp³-hybridized carbons (Fsp3) is 0.0588. The van der Waals surface area contributed by atoms with Crippen molar-refractivity contribution in [3.05, 3.63) is 63.3 Å². The minimum atomic E-state index is -0.548. The van der Waals surface area contributed by atoms with Crippen molar-refractivity contribution < 1.29 is 19.0 Å². The van der Waals surface area contributed by atoms with Crippen LogP contribution in [0.4, 0.5) is 0 Å². The zero-order chi connectivity index (χ0) is 16.7. The number of hydrogen-bond acceptors (Lipinski definition) is 5. The number of rotatable bonds is 2. The maximum absolute atomic E-state index is 12.0. The summed E-state index contributed by atoms with van der Waals surface area (Å²) < 4.78 is 15.8. The number of nitrogens with zero attached hydrogens (tertiary/aromatic N) is 1. The first-order valence-corrected chi connectivity index (χ1v) is 7.73. The topological polar surface area (TPSA) is 57.1 Å². The molecule has 0 fully saturated rings. The average molecular weight is 362 g/mol. The fourth-order valence-corrected chi connectivity index (χ4v) is 2.79. The van der Waals surface area contributed by atoms with Crippen LogP contribution in [0.15, 0.2) is 47.1 Å². The van der Waals surface area contributed by atoms with E-state index in [2.05, 4.69) is 4.99 Å². The van der Waals surface area contributed by atoms with Gasteiger partial charge < -0.3 is 14.2 Å². The molecule has 24 heavy (non-hydrogen) atoms. The van der Waals surface area contributed by atoms with Crippen LogP contribution in [0, 0.1) is 0 Å². The summed E-state index contributed by atoms with van der Waals surface area (Å²) in [4.78, 5) is 16.3. The molecule has 7 heteroatoms. The third kappa shape index (κ3) is 2.72. The number of carbonyl (C=O) groups excluding carboxylic acids is 1. The van der Waals surface area contributed by atoms with Gasteiger partial charge in [-0.25, -0.2) is 9.79 Å². The van der Waals surface area contributed by atoms with E-state index >= 15 is 0 Å². The van der Waals surface area contributed by atoms with E-state index in [0.29, 0.717) is 32.7 Å². The van der Waals surface area contributed by atoms with Crippen LogP contribution in [0.3, 0.4) is 0 Å². The lowest BCUT2D eigenvalue weighted by Crippen LogP contribution is -2.05. The SMILES string of the molecule is O=C1OC(c2ccc3c(c2)OCO3)=N/C1=C\c1ccc(Cl)cc1Cl. The van der Waals surface area contributed by atoms with Crippen molar-refractivity contribution >= 4 is 41.1 Å². The van der Waals surface area contributed by atoms with Gasteiger partial charge in [0.15, 0.2) is 17.2 Å². The van der Waals surface area contributed by atoms with Gasteiger partial charge in [-0.3, -0.25) is 0 Å². The van der Waals surface area contributed by atoms with E-state index in [9.17, 15) is 4.79 Å². The number of halogens is 2. The monoisotopic (exact) mass is 361 g/mol. The highest BCUT2D eigenvalue weighted by Crippen LogP contribution is 2.33. The molecule has 2 aromatic carbocycles. The van der Waals surface area contributed by atoms with Crippen LogP contribution >= 0.6 is 23.2 Å². The van der Waals surface area contributed by atoms with Gasteiger partial charge >= 0.3 is 5.97 Å². The molecule has 0 N–H and O–H groups in total. The number of cyclic esters (lactones) is 1. The van der Waals surface area contributed by atoms with Crippen molar-refractivity contribution in [3.63, 3.8) is 0 Å². The molecule has 2 aromatic rings. The van der Waals surface area contributed by atoms with Gasteiger partial charge in [0.25, 0.3) is 0 Å². The van der Waals surface area contributed by atoms with Crippen LogP contribution in [-0.2, 0) is 9.53 Å². The number of fused-ring (bicyclic) bond motifs is 1. The summed E-state index contributed by atoms with van der Waals surface area (Å²) in [5.41, 5.74) is 1.41. The van der Waals surface area contributed by atoms with Crippen molar-refractivity contribution in [1.29, 1.82) is 0 Å². The smallest absolute Gasteiger partial charge is 0.363 e. The summed E-state index contributed by atoms with van der Waals surface area (Å²) in [6.45, 7) is 0.172. The summed E-state index contributed by atoms with van der Waals surface area (Å²) in [5.74, 6) is 0.889. The maximum atomic E-state index is 12.0. The Morgan fingerprint density at radius 1 is 1.04 bits per heavy atom. The second kappa shape index (κ2) is 5.85. The van der Waals surface area contributed by atoms with Gasteiger partial charge in [-0.15, -0.1) is 0 Å². The molecule has 0 amide bonds. The van der Waals surface area contributed by atoms with Gasteiger partial charge in [-0.2, -0.15) is 0 Å². The van der Waals surface area contributed by atoms with Crippen molar-refractivity contribution in [3.8, 4) is 11.5 Å². The molecule has 0 saturated heterocycles. The van der Waals surface area contributed by atoms with Crippen LogP contribution < -0.4 is 9.47 Å². The first kappa shape index (κ1) is 15.1. The molecule has 120 valence electrons. The predicted molar refractivity (Wildman–Crippen MR) is 89.6 cm³/mol.